The highest BCUT2D eigenvalue weighted by atomic mass is 16.5. The largest absolute Gasteiger partial charge is 0.324 e. The lowest BCUT2D eigenvalue weighted by atomic mass is 10.00. The van der Waals surface area contributed by atoms with Crippen molar-refractivity contribution in [2.24, 2.45) is 4.99 Å². The molecule has 0 atom stereocenters. The molecule has 0 bridgehead atoms. The van der Waals surface area contributed by atoms with Gasteiger partial charge < -0.3 is 5.32 Å². The molecular weight excluding hydrogens is 254 g/mol. The Balaban J connectivity index is 2.18. The minimum absolute atomic E-state index is 0.0841. The summed E-state index contributed by atoms with van der Waals surface area (Å²) in [5, 5.41) is 11.9. The molecule has 1 aliphatic heterocycles. The van der Waals surface area contributed by atoms with Gasteiger partial charge in [0.25, 0.3) is 0 Å². The fraction of sp³-hybridized carbons (Fsp3) is 0.0667. The van der Waals surface area contributed by atoms with Crippen LogP contribution >= 0.6 is 0 Å². The summed E-state index contributed by atoms with van der Waals surface area (Å²) in [5.74, 6) is -0.151. The number of hydrogen-bond acceptors (Lipinski definition) is 4. The highest BCUT2D eigenvalue weighted by Crippen LogP contribution is 2.25. The molecule has 5 heteroatoms. The topological polar surface area (TPSA) is 73.7 Å². The number of aliphatic imine (C=N–C) groups is 1. The van der Waals surface area contributed by atoms with Crippen molar-refractivity contribution in [3.63, 3.8) is 0 Å². The van der Waals surface area contributed by atoms with Gasteiger partial charge in [0.15, 0.2) is 0 Å². The second-order valence-electron chi connectivity index (χ2n) is 4.45. The lowest BCUT2D eigenvalue weighted by molar-refractivity contribution is -0.114. The Hall–Kier alpha value is -2.66. The third-order valence-electron chi connectivity index (χ3n) is 3.11. The summed E-state index contributed by atoms with van der Waals surface area (Å²) in [7, 11) is 0. The van der Waals surface area contributed by atoms with Crippen LogP contribution in [0.5, 0.6) is 0 Å². The standard InChI is InChI=1S/C15H13N3O2/c19-14-9-16-15(10-4-2-1-3-5-10)12-8-11(18-20)6-7-13(12)17-14/h1-8,18,20H,9H2,(H,17,19). The molecule has 3 rings (SSSR count). The smallest absolute Gasteiger partial charge is 0.246 e. The van der Waals surface area contributed by atoms with Gasteiger partial charge in [-0.25, -0.2) is 0 Å². The van der Waals surface area contributed by atoms with Gasteiger partial charge in [0.2, 0.25) is 5.91 Å². The van der Waals surface area contributed by atoms with Crippen molar-refractivity contribution >= 4 is 23.0 Å². The molecule has 2 aromatic carbocycles. The van der Waals surface area contributed by atoms with E-state index in [1.807, 2.05) is 30.3 Å². The fourth-order valence-electron chi connectivity index (χ4n) is 2.19. The molecule has 1 amide bonds. The summed E-state index contributed by atoms with van der Waals surface area (Å²) in [6, 6.07) is 14.8. The maximum absolute atomic E-state index is 11.7. The van der Waals surface area contributed by atoms with Crippen molar-refractivity contribution in [1.82, 2.24) is 0 Å². The van der Waals surface area contributed by atoms with Gasteiger partial charge in [0, 0.05) is 11.1 Å². The Morgan fingerprint density at radius 1 is 1.15 bits per heavy atom. The number of anilines is 2. The van der Waals surface area contributed by atoms with E-state index in [2.05, 4.69) is 15.8 Å². The van der Waals surface area contributed by atoms with Gasteiger partial charge >= 0.3 is 0 Å². The van der Waals surface area contributed by atoms with Crippen LogP contribution in [0.1, 0.15) is 11.1 Å². The molecule has 0 radical (unpaired) electrons. The number of benzodiazepines with no additional fused rings is 1. The van der Waals surface area contributed by atoms with Crippen LogP contribution < -0.4 is 10.8 Å². The van der Waals surface area contributed by atoms with E-state index < -0.39 is 0 Å². The number of carbonyl (C=O) groups excluding carboxylic acids is 1. The van der Waals surface area contributed by atoms with Crippen molar-refractivity contribution in [3.8, 4) is 0 Å². The minimum Gasteiger partial charge on any atom is -0.324 e. The van der Waals surface area contributed by atoms with Crippen LogP contribution in [0.3, 0.4) is 0 Å². The third-order valence-corrected chi connectivity index (χ3v) is 3.11. The van der Waals surface area contributed by atoms with Gasteiger partial charge in [-0.05, 0) is 18.2 Å². The molecular formula is C15H13N3O2. The van der Waals surface area contributed by atoms with Crippen LogP contribution in [-0.4, -0.2) is 23.4 Å². The summed E-state index contributed by atoms with van der Waals surface area (Å²) in [6.45, 7) is 0.0841. The van der Waals surface area contributed by atoms with Crippen LogP contribution in [0.4, 0.5) is 11.4 Å². The average molecular weight is 267 g/mol. The molecule has 5 nitrogen and oxygen atoms in total. The van der Waals surface area contributed by atoms with Crippen LogP contribution in [0.2, 0.25) is 0 Å². The molecule has 0 aromatic heterocycles. The highest BCUT2D eigenvalue weighted by molar-refractivity contribution is 6.19. The molecule has 1 heterocycles. The number of nitrogens with zero attached hydrogens (tertiary/aromatic N) is 1. The van der Waals surface area contributed by atoms with E-state index in [9.17, 15) is 4.79 Å². The maximum atomic E-state index is 11.7. The van der Waals surface area contributed by atoms with Crippen molar-refractivity contribution in [2.75, 3.05) is 17.3 Å². The summed E-state index contributed by atoms with van der Waals surface area (Å²) >= 11 is 0. The normalized spacial score (nSPS) is 13.8. The average Bonchev–Trinajstić information content (AvgIpc) is 2.65. The number of carbonyl (C=O) groups is 1. The predicted octanol–water partition coefficient (Wildman–Crippen LogP) is 2.28. The summed E-state index contributed by atoms with van der Waals surface area (Å²) in [4.78, 5) is 16.1. The quantitative estimate of drug-likeness (QED) is 0.731. The SMILES string of the molecule is O=C1CN=C(c2ccccc2)c2cc(NO)ccc2N1. The van der Waals surface area contributed by atoms with E-state index in [1.54, 1.807) is 18.2 Å². The first kappa shape index (κ1) is 12.4. The maximum Gasteiger partial charge on any atom is 0.246 e. The molecule has 0 saturated heterocycles. The molecule has 0 saturated carbocycles. The highest BCUT2D eigenvalue weighted by Gasteiger charge is 2.18. The van der Waals surface area contributed by atoms with E-state index in [-0.39, 0.29) is 12.5 Å². The molecule has 3 N–H and O–H groups in total. The first-order valence-corrected chi connectivity index (χ1v) is 6.22. The van der Waals surface area contributed by atoms with E-state index in [0.29, 0.717) is 11.4 Å². The Kier molecular flexibility index (Phi) is 3.18. The van der Waals surface area contributed by atoms with Crippen LogP contribution in [0.15, 0.2) is 53.5 Å². The Bertz CT molecular complexity index is 681. The number of benzene rings is 2. The van der Waals surface area contributed by atoms with Crippen LogP contribution in [-0.2, 0) is 4.79 Å². The van der Waals surface area contributed by atoms with Crippen molar-refractivity contribution < 1.29 is 10.0 Å². The molecule has 2 aromatic rings. The summed E-state index contributed by atoms with van der Waals surface area (Å²) in [5.41, 5.74) is 5.79. The van der Waals surface area contributed by atoms with Gasteiger partial charge in [-0.15, -0.1) is 0 Å². The molecule has 0 aliphatic carbocycles. The van der Waals surface area contributed by atoms with E-state index >= 15 is 0 Å². The van der Waals surface area contributed by atoms with Crippen LogP contribution in [0.25, 0.3) is 0 Å². The molecule has 0 unspecified atom stereocenters. The Labute approximate surface area is 115 Å². The van der Waals surface area contributed by atoms with E-state index in [1.165, 1.54) is 0 Å². The zero-order valence-electron chi connectivity index (χ0n) is 10.6. The first-order valence-electron chi connectivity index (χ1n) is 6.22. The zero-order valence-corrected chi connectivity index (χ0v) is 10.6. The van der Waals surface area contributed by atoms with E-state index in [0.717, 1.165) is 16.8 Å². The van der Waals surface area contributed by atoms with Gasteiger partial charge in [0.05, 0.1) is 17.1 Å². The second kappa shape index (κ2) is 5.14. The van der Waals surface area contributed by atoms with Crippen LogP contribution in [0, 0.1) is 0 Å². The lowest BCUT2D eigenvalue weighted by Gasteiger charge is -2.11. The van der Waals surface area contributed by atoms with Crippen molar-refractivity contribution in [1.29, 1.82) is 0 Å². The monoisotopic (exact) mass is 267 g/mol. The molecule has 1 aliphatic rings. The number of hydrogen-bond donors (Lipinski definition) is 3. The third kappa shape index (κ3) is 2.26. The zero-order chi connectivity index (χ0) is 13.9. The predicted molar refractivity (Wildman–Crippen MR) is 77.4 cm³/mol. The lowest BCUT2D eigenvalue weighted by Crippen LogP contribution is -2.13. The summed E-state index contributed by atoms with van der Waals surface area (Å²) in [6.07, 6.45) is 0. The van der Waals surface area contributed by atoms with Gasteiger partial charge in [-0.3, -0.25) is 20.5 Å². The first-order chi connectivity index (χ1) is 9.78. The molecule has 100 valence electrons. The number of rotatable bonds is 2. The Morgan fingerprint density at radius 3 is 2.70 bits per heavy atom. The van der Waals surface area contributed by atoms with Gasteiger partial charge in [0.1, 0.15) is 6.54 Å². The van der Waals surface area contributed by atoms with Crippen molar-refractivity contribution in [3.05, 3.63) is 59.7 Å². The van der Waals surface area contributed by atoms with Crippen molar-refractivity contribution in [2.45, 2.75) is 0 Å². The molecule has 0 spiro atoms. The number of amides is 1. The number of fused-ring (bicyclic) bond motifs is 1. The van der Waals surface area contributed by atoms with E-state index in [4.69, 9.17) is 5.21 Å². The van der Waals surface area contributed by atoms with Gasteiger partial charge in [-0.1, -0.05) is 30.3 Å². The fourth-order valence-corrected chi connectivity index (χ4v) is 2.19. The number of nitrogens with one attached hydrogen (secondary N) is 2. The second-order valence-corrected chi connectivity index (χ2v) is 4.45. The minimum atomic E-state index is -0.151. The van der Waals surface area contributed by atoms with Gasteiger partial charge in [-0.2, -0.15) is 0 Å². The Morgan fingerprint density at radius 2 is 1.95 bits per heavy atom. The molecule has 20 heavy (non-hydrogen) atoms. The molecule has 0 fully saturated rings. The summed E-state index contributed by atoms with van der Waals surface area (Å²) < 4.78 is 0.